The van der Waals surface area contributed by atoms with E-state index in [1.807, 2.05) is 0 Å². The highest BCUT2D eigenvalue weighted by Crippen LogP contribution is 2.32. The predicted molar refractivity (Wildman–Crippen MR) is 62.8 cm³/mol. The summed E-state index contributed by atoms with van der Waals surface area (Å²) in [5.74, 6) is -1.89. The Morgan fingerprint density at radius 2 is 1.50 bits per heavy atom. The van der Waals surface area contributed by atoms with Crippen LogP contribution in [0, 0.1) is 17.5 Å². The lowest BCUT2D eigenvalue weighted by atomic mass is 10.2. The first-order valence-corrected chi connectivity index (χ1v) is 5.94. The van der Waals surface area contributed by atoms with Crippen LogP contribution in [-0.2, 0) is 6.61 Å². The number of benzene rings is 2. The Balaban J connectivity index is 2.31. The van der Waals surface area contributed by atoms with Gasteiger partial charge in [0.1, 0.15) is 17.5 Å². The largest absolute Gasteiger partial charge is 0.392 e. The maximum Gasteiger partial charge on any atom is 0.140 e. The SMILES string of the molecule is OCc1cc(F)c(Sc2ccc(F)cc2)c(F)c1. The second-order valence-electron chi connectivity index (χ2n) is 3.60. The van der Waals surface area contributed by atoms with Gasteiger partial charge in [-0.1, -0.05) is 11.8 Å². The van der Waals surface area contributed by atoms with Crippen LogP contribution in [0.3, 0.4) is 0 Å². The van der Waals surface area contributed by atoms with E-state index >= 15 is 0 Å². The molecule has 0 saturated carbocycles. The summed E-state index contributed by atoms with van der Waals surface area (Å²) < 4.78 is 39.9. The average molecular weight is 270 g/mol. The van der Waals surface area contributed by atoms with Gasteiger partial charge in [-0.3, -0.25) is 0 Å². The van der Waals surface area contributed by atoms with Crippen LogP contribution in [-0.4, -0.2) is 5.11 Å². The lowest BCUT2D eigenvalue weighted by Crippen LogP contribution is -1.93. The highest BCUT2D eigenvalue weighted by atomic mass is 32.2. The van der Waals surface area contributed by atoms with E-state index in [1.165, 1.54) is 24.3 Å². The Morgan fingerprint density at radius 3 is 2.00 bits per heavy atom. The van der Waals surface area contributed by atoms with Gasteiger partial charge in [-0.15, -0.1) is 0 Å². The van der Waals surface area contributed by atoms with Crippen LogP contribution in [0.25, 0.3) is 0 Å². The van der Waals surface area contributed by atoms with Gasteiger partial charge >= 0.3 is 0 Å². The smallest absolute Gasteiger partial charge is 0.140 e. The number of halogens is 3. The Hall–Kier alpha value is -1.46. The van der Waals surface area contributed by atoms with Crippen LogP contribution in [0.4, 0.5) is 13.2 Å². The molecule has 2 rings (SSSR count). The van der Waals surface area contributed by atoms with E-state index in [2.05, 4.69) is 0 Å². The minimum Gasteiger partial charge on any atom is -0.392 e. The van der Waals surface area contributed by atoms with Crippen LogP contribution in [0.5, 0.6) is 0 Å². The molecule has 94 valence electrons. The normalized spacial score (nSPS) is 10.7. The zero-order valence-corrected chi connectivity index (χ0v) is 9.98. The molecule has 0 unspecified atom stereocenters. The molecule has 0 saturated heterocycles. The van der Waals surface area contributed by atoms with Crippen LogP contribution in [0.15, 0.2) is 46.2 Å². The molecule has 0 heterocycles. The van der Waals surface area contributed by atoms with Gasteiger partial charge in [0.2, 0.25) is 0 Å². The quantitative estimate of drug-likeness (QED) is 0.916. The van der Waals surface area contributed by atoms with Crippen molar-refractivity contribution in [3.8, 4) is 0 Å². The second-order valence-corrected chi connectivity index (χ2v) is 4.69. The van der Waals surface area contributed by atoms with Crippen LogP contribution in [0.2, 0.25) is 0 Å². The highest BCUT2D eigenvalue weighted by molar-refractivity contribution is 7.99. The lowest BCUT2D eigenvalue weighted by Gasteiger charge is -2.06. The molecule has 0 fully saturated rings. The molecule has 1 nitrogen and oxygen atoms in total. The molecule has 2 aromatic carbocycles. The van der Waals surface area contributed by atoms with Gasteiger partial charge in [0.05, 0.1) is 11.5 Å². The summed E-state index contributed by atoms with van der Waals surface area (Å²) in [7, 11) is 0. The van der Waals surface area contributed by atoms with Crippen LogP contribution < -0.4 is 0 Å². The molecule has 0 bridgehead atoms. The summed E-state index contributed by atoms with van der Waals surface area (Å²) in [6.07, 6.45) is 0. The molecule has 0 aliphatic carbocycles. The summed E-state index contributed by atoms with van der Waals surface area (Å²) in [5, 5.41) is 8.82. The molecule has 0 aromatic heterocycles. The predicted octanol–water partition coefficient (Wildman–Crippen LogP) is 3.75. The second kappa shape index (κ2) is 5.46. The number of aliphatic hydroxyl groups is 1. The van der Waals surface area contributed by atoms with Crippen molar-refractivity contribution in [2.45, 2.75) is 16.4 Å². The van der Waals surface area contributed by atoms with Crippen molar-refractivity contribution in [1.29, 1.82) is 0 Å². The summed E-state index contributed by atoms with van der Waals surface area (Å²) in [4.78, 5) is 0.366. The van der Waals surface area contributed by atoms with Crippen molar-refractivity contribution in [1.82, 2.24) is 0 Å². The Kier molecular flexibility index (Phi) is 3.93. The van der Waals surface area contributed by atoms with Crippen molar-refractivity contribution < 1.29 is 18.3 Å². The van der Waals surface area contributed by atoms with Gasteiger partial charge in [0.15, 0.2) is 0 Å². The molecular formula is C13H9F3OS. The molecular weight excluding hydrogens is 261 g/mol. The van der Waals surface area contributed by atoms with E-state index in [0.29, 0.717) is 4.90 Å². The van der Waals surface area contributed by atoms with E-state index < -0.39 is 24.1 Å². The van der Waals surface area contributed by atoms with Crippen LogP contribution >= 0.6 is 11.8 Å². The van der Waals surface area contributed by atoms with Crippen molar-refractivity contribution in [2.24, 2.45) is 0 Å². The molecule has 0 spiro atoms. The van der Waals surface area contributed by atoms with Gasteiger partial charge in [0, 0.05) is 4.90 Å². The molecule has 2 aromatic rings. The number of aliphatic hydroxyl groups excluding tert-OH is 1. The van der Waals surface area contributed by atoms with E-state index in [9.17, 15) is 13.2 Å². The number of hydrogen-bond acceptors (Lipinski definition) is 2. The standard InChI is InChI=1S/C13H9F3OS/c14-9-1-3-10(4-2-9)18-13-11(15)5-8(7-17)6-12(13)16/h1-6,17H,7H2. The van der Waals surface area contributed by atoms with Gasteiger partial charge in [-0.05, 0) is 42.0 Å². The molecule has 0 aliphatic heterocycles. The zero-order chi connectivity index (χ0) is 13.1. The molecule has 0 aliphatic rings. The minimum absolute atomic E-state index is 0.168. The molecule has 0 amide bonds. The first-order chi connectivity index (χ1) is 8.60. The van der Waals surface area contributed by atoms with E-state index in [1.54, 1.807) is 0 Å². The maximum atomic E-state index is 13.6. The zero-order valence-electron chi connectivity index (χ0n) is 9.16. The fourth-order valence-electron chi connectivity index (χ4n) is 1.42. The van der Waals surface area contributed by atoms with Gasteiger partial charge in [0.25, 0.3) is 0 Å². The Bertz CT molecular complexity index is 532. The molecule has 1 N–H and O–H groups in total. The third-order valence-electron chi connectivity index (χ3n) is 2.27. The van der Waals surface area contributed by atoms with E-state index in [0.717, 1.165) is 23.9 Å². The summed E-state index contributed by atoms with van der Waals surface area (Å²) in [5.41, 5.74) is 0.174. The fourth-order valence-corrected chi connectivity index (χ4v) is 2.24. The van der Waals surface area contributed by atoms with Gasteiger partial charge < -0.3 is 5.11 Å². The van der Waals surface area contributed by atoms with E-state index in [4.69, 9.17) is 5.11 Å². The summed E-state index contributed by atoms with van der Waals surface area (Å²) in [6, 6.07) is 7.49. The van der Waals surface area contributed by atoms with Crippen molar-refractivity contribution in [2.75, 3.05) is 0 Å². The Morgan fingerprint density at radius 1 is 0.944 bits per heavy atom. The summed E-state index contributed by atoms with van der Waals surface area (Å²) in [6.45, 7) is -0.421. The first kappa shape index (κ1) is 13.0. The van der Waals surface area contributed by atoms with Crippen molar-refractivity contribution in [3.05, 3.63) is 59.4 Å². The van der Waals surface area contributed by atoms with Crippen molar-refractivity contribution in [3.63, 3.8) is 0 Å². The van der Waals surface area contributed by atoms with Crippen LogP contribution in [0.1, 0.15) is 5.56 Å². The average Bonchev–Trinajstić information content (AvgIpc) is 2.35. The summed E-state index contributed by atoms with van der Waals surface area (Å²) >= 11 is 0.870. The van der Waals surface area contributed by atoms with Gasteiger partial charge in [-0.2, -0.15) is 0 Å². The number of hydrogen-bond donors (Lipinski definition) is 1. The monoisotopic (exact) mass is 270 g/mol. The topological polar surface area (TPSA) is 20.2 Å². The third-order valence-corrected chi connectivity index (χ3v) is 3.38. The lowest BCUT2D eigenvalue weighted by molar-refractivity contribution is 0.280. The first-order valence-electron chi connectivity index (χ1n) is 5.12. The van der Waals surface area contributed by atoms with Gasteiger partial charge in [-0.25, -0.2) is 13.2 Å². The molecule has 5 heteroatoms. The maximum absolute atomic E-state index is 13.6. The molecule has 0 atom stereocenters. The number of rotatable bonds is 3. The van der Waals surface area contributed by atoms with Crippen molar-refractivity contribution >= 4 is 11.8 Å². The Labute approximate surface area is 106 Å². The molecule has 0 radical (unpaired) electrons. The third kappa shape index (κ3) is 2.86. The molecule has 18 heavy (non-hydrogen) atoms. The minimum atomic E-state index is -0.742. The highest BCUT2D eigenvalue weighted by Gasteiger charge is 2.12. The van der Waals surface area contributed by atoms with E-state index in [-0.39, 0.29) is 10.5 Å². The fraction of sp³-hybridized carbons (Fsp3) is 0.0769.